The van der Waals surface area contributed by atoms with E-state index in [0.717, 1.165) is 13.8 Å². The van der Waals surface area contributed by atoms with Crippen LogP contribution in [0.5, 0.6) is 0 Å². The fraction of sp³-hybridized carbons (Fsp3) is 1.00. The summed E-state index contributed by atoms with van der Waals surface area (Å²) in [4.78, 5) is 0. The van der Waals surface area contributed by atoms with Crippen LogP contribution in [0.4, 0.5) is 4.39 Å². The standard InChI is InChI=1S/C4H9ClFNO3S/c1-4(2,6)3(5)7-11(8,9)10/h3,7H,1-2H3,(H,8,9,10). The molecule has 0 aromatic heterocycles. The van der Waals surface area contributed by atoms with Gasteiger partial charge in [-0.3, -0.25) is 4.55 Å². The van der Waals surface area contributed by atoms with Gasteiger partial charge < -0.3 is 0 Å². The Labute approximate surface area is 69.6 Å². The second-order valence-electron chi connectivity index (χ2n) is 2.52. The van der Waals surface area contributed by atoms with E-state index in [1.54, 1.807) is 0 Å². The van der Waals surface area contributed by atoms with Gasteiger partial charge in [-0.05, 0) is 13.8 Å². The summed E-state index contributed by atoms with van der Waals surface area (Å²) in [6, 6.07) is 0. The van der Waals surface area contributed by atoms with Gasteiger partial charge in [-0.1, -0.05) is 0 Å². The lowest BCUT2D eigenvalue weighted by molar-refractivity contribution is 0.200. The highest BCUT2D eigenvalue weighted by Gasteiger charge is 2.29. The van der Waals surface area contributed by atoms with Crippen molar-refractivity contribution < 1.29 is 17.4 Å². The van der Waals surface area contributed by atoms with Gasteiger partial charge in [0.25, 0.3) is 0 Å². The maximum absolute atomic E-state index is 12.7. The van der Waals surface area contributed by atoms with E-state index in [9.17, 15) is 12.8 Å². The van der Waals surface area contributed by atoms with Gasteiger partial charge in [0.2, 0.25) is 0 Å². The highest BCUT2D eigenvalue weighted by atomic mass is 35.5. The van der Waals surface area contributed by atoms with E-state index in [1.165, 1.54) is 4.72 Å². The molecule has 1 atom stereocenters. The van der Waals surface area contributed by atoms with Crippen molar-refractivity contribution in [2.24, 2.45) is 0 Å². The van der Waals surface area contributed by atoms with Crippen LogP contribution < -0.4 is 4.72 Å². The minimum absolute atomic E-state index is 1.09. The van der Waals surface area contributed by atoms with Gasteiger partial charge in [-0.25, -0.2) is 4.39 Å². The lowest BCUT2D eigenvalue weighted by Crippen LogP contribution is -2.42. The van der Waals surface area contributed by atoms with Crippen LogP contribution >= 0.6 is 11.6 Å². The molecule has 2 N–H and O–H groups in total. The normalized spacial score (nSPS) is 16.5. The van der Waals surface area contributed by atoms with E-state index in [2.05, 4.69) is 0 Å². The predicted molar refractivity (Wildman–Crippen MR) is 39.5 cm³/mol. The predicted octanol–water partition coefficient (Wildman–Crippen LogP) is 0.692. The third-order valence-electron chi connectivity index (χ3n) is 0.855. The number of hydrogen-bond donors (Lipinski definition) is 2. The van der Waals surface area contributed by atoms with Gasteiger partial charge in [0.15, 0.2) is 0 Å². The minimum atomic E-state index is -4.43. The quantitative estimate of drug-likeness (QED) is 0.405. The molecule has 7 heteroatoms. The maximum Gasteiger partial charge on any atom is 0.334 e. The smallest absolute Gasteiger partial charge is 0.273 e. The van der Waals surface area contributed by atoms with E-state index >= 15 is 0 Å². The number of hydrogen-bond acceptors (Lipinski definition) is 2. The lowest BCUT2D eigenvalue weighted by Gasteiger charge is -2.19. The first kappa shape index (κ1) is 11.1. The summed E-state index contributed by atoms with van der Waals surface area (Å²) in [6.45, 7) is 2.17. The molecule has 0 heterocycles. The molecule has 68 valence electrons. The highest BCUT2D eigenvalue weighted by molar-refractivity contribution is 7.83. The first-order chi connectivity index (χ1) is 4.63. The molecule has 0 bridgehead atoms. The summed E-state index contributed by atoms with van der Waals surface area (Å²) < 4.78 is 42.5. The summed E-state index contributed by atoms with van der Waals surface area (Å²) in [5.74, 6) is 0. The van der Waals surface area contributed by atoms with Gasteiger partial charge in [-0.15, -0.1) is 11.6 Å². The van der Waals surface area contributed by atoms with Crippen molar-refractivity contribution in [1.29, 1.82) is 0 Å². The zero-order chi connectivity index (χ0) is 9.28. The van der Waals surface area contributed by atoms with Crippen LogP contribution in [0.1, 0.15) is 13.8 Å². The number of nitrogens with one attached hydrogen (secondary N) is 1. The van der Waals surface area contributed by atoms with Crippen molar-refractivity contribution in [3.8, 4) is 0 Å². The molecule has 0 saturated heterocycles. The second-order valence-corrected chi connectivity index (χ2v) is 4.14. The number of rotatable bonds is 3. The lowest BCUT2D eigenvalue weighted by atomic mass is 10.2. The summed E-state index contributed by atoms with van der Waals surface area (Å²) >= 11 is 5.22. The van der Waals surface area contributed by atoms with Gasteiger partial charge in [-0.2, -0.15) is 13.1 Å². The third kappa shape index (κ3) is 5.37. The van der Waals surface area contributed by atoms with Gasteiger partial charge in [0.1, 0.15) is 11.2 Å². The van der Waals surface area contributed by atoms with Crippen molar-refractivity contribution in [2.45, 2.75) is 25.0 Å². The zero-order valence-electron chi connectivity index (χ0n) is 6.01. The largest absolute Gasteiger partial charge is 0.334 e. The summed E-state index contributed by atoms with van der Waals surface area (Å²) in [6.07, 6.45) is 0. The van der Waals surface area contributed by atoms with Crippen molar-refractivity contribution >= 4 is 21.9 Å². The summed E-state index contributed by atoms with van der Waals surface area (Å²) in [7, 11) is -4.43. The molecule has 0 fully saturated rings. The van der Waals surface area contributed by atoms with Crippen LogP contribution in [-0.2, 0) is 10.3 Å². The van der Waals surface area contributed by atoms with E-state index in [-0.39, 0.29) is 0 Å². The first-order valence-electron chi connectivity index (χ1n) is 2.70. The van der Waals surface area contributed by atoms with E-state index in [1.807, 2.05) is 0 Å². The minimum Gasteiger partial charge on any atom is -0.273 e. The Bertz CT molecular complexity index is 222. The summed E-state index contributed by atoms with van der Waals surface area (Å²) in [5, 5.41) is 0. The summed E-state index contributed by atoms with van der Waals surface area (Å²) in [5.41, 5.74) is -3.39. The molecule has 0 spiro atoms. The highest BCUT2D eigenvalue weighted by Crippen LogP contribution is 2.17. The van der Waals surface area contributed by atoms with Crippen LogP contribution in [0.3, 0.4) is 0 Å². The van der Waals surface area contributed by atoms with Crippen LogP contribution in [0.15, 0.2) is 0 Å². The SMILES string of the molecule is CC(C)(F)C(Cl)NS(=O)(=O)O. The molecule has 0 aliphatic heterocycles. The number of alkyl halides is 2. The van der Waals surface area contributed by atoms with Crippen molar-refractivity contribution in [3.05, 3.63) is 0 Å². The Morgan fingerprint density at radius 1 is 1.64 bits per heavy atom. The fourth-order valence-corrected chi connectivity index (χ4v) is 1.15. The molecule has 0 aliphatic rings. The average molecular weight is 206 g/mol. The van der Waals surface area contributed by atoms with E-state index in [4.69, 9.17) is 16.2 Å². The van der Waals surface area contributed by atoms with E-state index < -0.39 is 21.5 Å². The van der Waals surface area contributed by atoms with Crippen LogP contribution in [0.2, 0.25) is 0 Å². The molecule has 0 aromatic carbocycles. The first-order valence-corrected chi connectivity index (χ1v) is 4.58. The van der Waals surface area contributed by atoms with Gasteiger partial charge >= 0.3 is 10.3 Å². The topological polar surface area (TPSA) is 66.4 Å². The Hall–Kier alpha value is 0.0900. The fourth-order valence-electron chi connectivity index (χ4n) is 0.271. The molecular weight excluding hydrogens is 197 g/mol. The molecule has 1 unspecified atom stereocenters. The Morgan fingerprint density at radius 2 is 2.00 bits per heavy atom. The Morgan fingerprint density at radius 3 is 2.09 bits per heavy atom. The molecule has 11 heavy (non-hydrogen) atoms. The van der Waals surface area contributed by atoms with Gasteiger partial charge in [0.05, 0.1) is 0 Å². The Kier molecular flexibility index (Phi) is 3.25. The average Bonchev–Trinajstić information content (AvgIpc) is 1.56. The second kappa shape index (κ2) is 3.22. The monoisotopic (exact) mass is 205 g/mol. The molecule has 0 rings (SSSR count). The Balaban J connectivity index is 4.21. The molecule has 0 aromatic rings. The molecular formula is C4H9ClFNO3S. The van der Waals surface area contributed by atoms with Crippen molar-refractivity contribution in [1.82, 2.24) is 4.72 Å². The molecule has 4 nitrogen and oxygen atoms in total. The zero-order valence-corrected chi connectivity index (χ0v) is 7.58. The number of halogens is 2. The van der Waals surface area contributed by atoms with Crippen LogP contribution in [0, 0.1) is 0 Å². The van der Waals surface area contributed by atoms with Crippen LogP contribution in [0.25, 0.3) is 0 Å². The molecule has 0 radical (unpaired) electrons. The molecule has 0 saturated carbocycles. The molecule has 0 aliphatic carbocycles. The van der Waals surface area contributed by atoms with Crippen LogP contribution in [-0.4, -0.2) is 24.1 Å². The maximum atomic E-state index is 12.7. The third-order valence-corrected chi connectivity index (χ3v) is 2.15. The van der Waals surface area contributed by atoms with E-state index in [0.29, 0.717) is 0 Å². The van der Waals surface area contributed by atoms with Crippen molar-refractivity contribution in [3.63, 3.8) is 0 Å². The van der Waals surface area contributed by atoms with Gasteiger partial charge in [0, 0.05) is 0 Å². The van der Waals surface area contributed by atoms with Crippen molar-refractivity contribution in [2.75, 3.05) is 0 Å². The molecule has 0 amide bonds.